The number of aryl methyl sites for hydroxylation is 1. The van der Waals surface area contributed by atoms with E-state index >= 15 is 0 Å². The van der Waals surface area contributed by atoms with Gasteiger partial charge in [-0.15, -0.1) is 11.3 Å². The summed E-state index contributed by atoms with van der Waals surface area (Å²) in [4.78, 5) is 14.3. The first-order chi connectivity index (χ1) is 10.4. The van der Waals surface area contributed by atoms with Gasteiger partial charge in [-0.2, -0.15) is 5.26 Å². The van der Waals surface area contributed by atoms with Gasteiger partial charge < -0.3 is 5.32 Å². The average Bonchev–Trinajstić information content (AvgIpc) is 2.82. The highest BCUT2D eigenvalue weighted by molar-refractivity contribution is 7.11. The lowest BCUT2D eigenvalue weighted by Crippen LogP contribution is -2.35. The van der Waals surface area contributed by atoms with Crippen molar-refractivity contribution >= 4 is 17.2 Å². The van der Waals surface area contributed by atoms with Crippen molar-refractivity contribution in [2.75, 3.05) is 0 Å². The molecule has 0 aliphatic carbocycles. The van der Waals surface area contributed by atoms with E-state index in [0.717, 1.165) is 21.9 Å². The minimum Gasteiger partial charge on any atom is -0.349 e. The molecule has 0 aliphatic rings. The maximum absolute atomic E-state index is 13.8. The zero-order valence-electron chi connectivity index (χ0n) is 12.1. The fourth-order valence-corrected chi connectivity index (χ4v) is 3.12. The first-order valence-electron chi connectivity index (χ1n) is 6.66. The van der Waals surface area contributed by atoms with Crippen molar-refractivity contribution in [3.05, 3.63) is 56.8 Å². The predicted molar refractivity (Wildman–Crippen MR) is 80.8 cm³/mol. The lowest BCUT2D eigenvalue weighted by Gasteiger charge is -2.14. The first kappa shape index (κ1) is 16.1. The average molecular weight is 320 g/mol. The third kappa shape index (κ3) is 3.68. The number of nitrogens with one attached hydrogen (secondary N) is 1. The van der Waals surface area contributed by atoms with E-state index in [0.29, 0.717) is 6.42 Å². The maximum atomic E-state index is 13.8. The summed E-state index contributed by atoms with van der Waals surface area (Å²) in [5.41, 5.74) is -0.818. The Morgan fingerprint density at radius 3 is 2.50 bits per heavy atom. The van der Waals surface area contributed by atoms with Crippen molar-refractivity contribution in [2.24, 2.45) is 0 Å². The van der Waals surface area contributed by atoms with E-state index in [9.17, 15) is 13.6 Å². The van der Waals surface area contributed by atoms with Crippen molar-refractivity contribution in [3.8, 4) is 6.07 Å². The molecule has 3 nitrogen and oxygen atoms in total. The summed E-state index contributed by atoms with van der Waals surface area (Å²) < 4.78 is 27.6. The van der Waals surface area contributed by atoms with Crippen molar-refractivity contribution in [1.29, 1.82) is 5.26 Å². The van der Waals surface area contributed by atoms with Crippen molar-refractivity contribution in [1.82, 2.24) is 5.32 Å². The van der Waals surface area contributed by atoms with E-state index in [-0.39, 0.29) is 11.6 Å². The quantitative estimate of drug-likeness (QED) is 0.936. The molecule has 1 heterocycles. The molecule has 1 aromatic heterocycles. The Hall–Kier alpha value is -2.26. The zero-order chi connectivity index (χ0) is 16.3. The Morgan fingerprint density at radius 1 is 1.36 bits per heavy atom. The van der Waals surface area contributed by atoms with Gasteiger partial charge in [0.05, 0.1) is 11.6 Å². The van der Waals surface area contributed by atoms with Gasteiger partial charge in [0.25, 0.3) is 5.91 Å². The fraction of sp³-hybridized carbons (Fsp3) is 0.250. The number of thiophene rings is 1. The van der Waals surface area contributed by atoms with Crippen LogP contribution in [0.15, 0.2) is 24.3 Å². The smallest absolute Gasteiger partial charge is 0.257 e. The topological polar surface area (TPSA) is 52.9 Å². The SMILES string of the molecule is Cc1ccc(C[C@@H](C)NC(=O)c2c(F)cc(C#N)cc2F)s1. The molecule has 22 heavy (non-hydrogen) atoms. The van der Waals surface area contributed by atoms with Crippen molar-refractivity contribution in [3.63, 3.8) is 0 Å². The summed E-state index contributed by atoms with van der Waals surface area (Å²) in [7, 11) is 0. The van der Waals surface area contributed by atoms with Crippen LogP contribution >= 0.6 is 11.3 Å². The zero-order valence-corrected chi connectivity index (χ0v) is 12.9. The van der Waals surface area contributed by atoms with Gasteiger partial charge in [0.15, 0.2) is 0 Å². The molecule has 0 saturated carbocycles. The Kier molecular flexibility index (Phi) is 4.88. The number of nitrogens with zero attached hydrogens (tertiary/aromatic N) is 1. The maximum Gasteiger partial charge on any atom is 0.257 e. The molecule has 0 unspecified atom stereocenters. The van der Waals surface area contributed by atoms with E-state index in [2.05, 4.69) is 5.32 Å². The molecule has 0 spiro atoms. The Bertz CT molecular complexity index is 726. The van der Waals surface area contributed by atoms with E-state index in [4.69, 9.17) is 5.26 Å². The summed E-state index contributed by atoms with van der Waals surface area (Å²) in [5, 5.41) is 11.2. The van der Waals surface area contributed by atoms with Crippen LogP contribution in [0.1, 0.15) is 32.6 Å². The van der Waals surface area contributed by atoms with E-state index in [1.165, 1.54) is 0 Å². The van der Waals surface area contributed by atoms with Gasteiger partial charge in [0.2, 0.25) is 0 Å². The Labute approximate surface area is 131 Å². The monoisotopic (exact) mass is 320 g/mol. The van der Waals surface area contributed by atoms with E-state index in [1.807, 2.05) is 19.1 Å². The van der Waals surface area contributed by atoms with Crippen molar-refractivity contribution in [2.45, 2.75) is 26.3 Å². The lowest BCUT2D eigenvalue weighted by atomic mass is 10.1. The van der Waals surface area contributed by atoms with Crippen LogP contribution in [0.25, 0.3) is 0 Å². The molecule has 0 fully saturated rings. The molecule has 2 aromatic rings. The van der Waals surface area contributed by atoms with Gasteiger partial charge in [-0.1, -0.05) is 0 Å². The number of carbonyl (C=O) groups excluding carboxylic acids is 1. The molecule has 1 N–H and O–H groups in total. The highest BCUT2D eigenvalue weighted by atomic mass is 32.1. The van der Waals surface area contributed by atoms with Gasteiger partial charge in [-0.3, -0.25) is 4.79 Å². The number of hydrogen-bond acceptors (Lipinski definition) is 3. The molecular weight excluding hydrogens is 306 g/mol. The second kappa shape index (κ2) is 6.67. The second-order valence-electron chi connectivity index (χ2n) is 5.02. The number of hydrogen-bond donors (Lipinski definition) is 1. The summed E-state index contributed by atoms with van der Waals surface area (Å²) in [6, 6.07) is 7.03. The second-order valence-corrected chi connectivity index (χ2v) is 6.39. The minimum atomic E-state index is -1.03. The van der Waals surface area contributed by atoms with Gasteiger partial charge >= 0.3 is 0 Å². The Balaban J connectivity index is 2.10. The molecule has 6 heteroatoms. The molecule has 2 rings (SSSR count). The molecule has 114 valence electrons. The van der Waals surface area contributed by atoms with Crippen LogP contribution < -0.4 is 5.32 Å². The Morgan fingerprint density at radius 2 is 2.00 bits per heavy atom. The van der Waals surface area contributed by atoms with Gasteiger partial charge in [0.1, 0.15) is 17.2 Å². The molecule has 1 amide bonds. The summed E-state index contributed by atoms with van der Waals surface area (Å²) in [6.07, 6.45) is 0.587. The normalized spacial score (nSPS) is 11.8. The highest BCUT2D eigenvalue weighted by Crippen LogP contribution is 2.18. The number of carbonyl (C=O) groups is 1. The van der Waals surface area contributed by atoms with Gasteiger partial charge in [-0.25, -0.2) is 8.78 Å². The number of benzene rings is 1. The molecule has 0 radical (unpaired) electrons. The largest absolute Gasteiger partial charge is 0.349 e. The number of nitriles is 1. The fourth-order valence-electron chi connectivity index (χ4n) is 2.10. The summed E-state index contributed by atoms with van der Waals surface area (Å²) in [6.45, 7) is 3.76. The molecule has 1 atom stereocenters. The van der Waals surface area contributed by atoms with Crippen LogP contribution in [0.3, 0.4) is 0 Å². The van der Waals surface area contributed by atoms with Crippen LogP contribution in [0, 0.1) is 29.9 Å². The molecule has 0 aliphatic heterocycles. The van der Waals surface area contributed by atoms with Crippen LogP contribution in [-0.2, 0) is 6.42 Å². The molecule has 0 bridgehead atoms. The molecular formula is C16H14F2N2OS. The third-order valence-electron chi connectivity index (χ3n) is 3.08. The number of rotatable bonds is 4. The third-order valence-corrected chi connectivity index (χ3v) is 4.10. The molecule has 0 saturated heterocycles. The van der Waals surface area contributed by atoms with Crippen LogP contribution in [0.4, 0.5) is 8.78 Å². The van der Waals surface area contributed by atoms with Gasteiger partial charge in [-0.05, 0) is 38.1 Å². The number of halogens is 2. The van der Waals surface area contributed by atoms with Crippen LogP contribution in [0.5, 0.6) is 0 Å². The lowest BCUT2D eigenvalue weighted by molar-refractivity contribution is 0.0931. The van der Waals surface area contributed by atoms with Crippen LogP contribution in [0.2, 0.25) is 0 Å². The van der Waals surface area contributed by atoms with E-state index in [1.54, 1.807) is 24.3 Å². The van der Waals surface area contributed by atoms with E-state index < -0.39 is 23.1 Å². The number of amides is 1. The molecule has 1 aromatic carbocycles. The minimum absolute atomic E-state index is 0.159. The summed E-state index contributed by atoms with van der Waals surface area (Å²) >= 11 is 1.61. The van der Waals surface area contributed by atoms with Crippen LogP contribution in [-0.4, -0.2) is 11.9 Å². The van der Waals surface area contributed by atoms with Crippen molar-refractivity contribution < 1.29 is 13.6 Å². The highest BCUT2D eigenvalue weighted by Gasteiger charge is 2.20. The summed E-state index contributed by atoms with van der Waals surface area (Å²) in [5.74, 6) is -2.89. The predicted octanol–water partition coefficient (Wildman–Crippen LogP) is 3.57. The standard InChI is InChI=1S/C16H14F2N2OS/c1-9(5-12-4-3-10(2)22-12)20-16(21)15-13(17)6-11(8-19)7-14(15)18/h3-4,6-7,9H,5H2,1-2H3,(H,20,21)/t9-/m1/s1. The van der Waals surface area contributed by atoms with Gasteiger partial charge in [0, 0.05) is 22.2 Å². The first-order valence-corrected chi connectivity index (χ1v) is 7.47.